The molecule has 6 nitrogen and oxygen atoms in total. The highest BCUT2D eigenvalue weighted by Gasteiger charge is 2.17. The quantitative estimate of drug-likeness (QED) is 0.637. The monoisotopic (exact) mass is 365 g/mol. The first-order valence-electron chi connectivity index (χ1n) is 8.50. The van der Waals surface area contributed by atoms with Gasteiger partial charge in [0.1, 0.15) is 5.75 Å². The molecule has 3 aromatic rings. The number of para-hydroxylation sites is 1. The van der Waals surface area contributed by atoms with Crippen molar-refractivity contribution in [3.8, 4) is 16.9 Å². The lowest BCUT2D eigenvalue weighted by molar-refractivity contribution is -0.118. The van der Waals surface area contributed by atoms with Crippen molar-refractivity contribution >= 4 is 17.6 Å². The standard InChI is InChI=1S/C21H19NO5/c1-2-25-21(24)20-18(12-13-26-20)15-8-10-17(11-9-15)27-14-19(23)22-16-6-4-3-5-7-16/h3-13H,2,14H2,1H3,(H,22,23). The summed E-state index contributed by atoms with van der Waals surface area (Å²) >= 11 is 0. The van der Waals surface area contributed by atoms with Crippen molar-refractivity contribution in [2.24, 2.45) is 0 Å². The molecule has 0 bridgehead atoms. The zero-order valence-corrected chi connectivity index (χ0v) is 14.8. The Morgan fingerprint density at radius 3 is 2.44 bits per heavy atom. The van der Waals surface area contributed by atoms with E-state index in [1.807, 2.05) is 18.2 Å². The summed E-state index contributed by atoms with van der Waals surface area (Å²) in [5, 5.41) is 2.75. The van der Waals surface area contributed by atoms with E-state index in [9.17, 15) is 9.59 Å². The molecule has 0 aliphatic heterocycles. The second-order valence-corrected chi connectivity index (χ2v) is 5.61. The molecular weight excluding hydrogens is 346 g/mol. The van der Waals surface area contributed by atoms with Gasteiger partial charge in [0.05, 0.1) is 12.9 Å². The van der Waals surface area contributed by atoms with Crippen molar-refractivity contribution in [3.05, 3.63) is 72.7 Å². The van der Waals surface area contributed by atoms with Gasteiger partial charge in [0.25, 0.3) is 5.91 Å². The van der Waals surface area contributed by atoms with E-state index in [4.69, 9.17) is 13.9 Å². The van der Waals surface area contributed by atoms with Crippen molar-refractivity contribution in [3.63, 3.8) is 0 Å². The number of esters is 1. The van der Waals surface area contributed by atoms with Gasteiger partial charge in [-0.3, -0.25) is 4.79 Å². The highest BCUT2D eigenvalue weighted by molar-refractivity contribution is 5.94. The van der Waals surface area contributed by atoms with Crippen LogP contribution >= 0.6 is 0 Å². The number of hydrogen-bond donors (Lipinski definition) is 1. The van der Waals surface area contributed by atoms with E-state index >= 15 is 0 Å². The number of amides is 1. The van der Waals surface area contributed by atoms with Gasteiger partial charge in [0.2, 0.25) is 5.76 Å². The van der Waals surface area contributed by atoms with Gasteiger partial charge in [0.15, 0.2) is 6.61 Å². The number of anilines is 1. The molecule has 1 aromatic heterocycles. The number of carbonyl (C=O) groups is 2. The molecule has 1 heterocycles. The topological polar surface area (TPSA) is 77.8 Å². The van der Waals surface area contributed by atoms with Crippen molar-refractivity contribution < 1.29 is 23.5 Å². The SMILES string of the molecule is CCOC(=O)c1occc1-c1ccc(OCC(=O)Nc2ccccc2)cc1. The van der Waals surface area contributed by atoms with Crippen molar-refractivity contribution in [2.45, 2.75) is 6.92 Å². The summed E-state index contributed by atoms with van der Waals surface area (Å²) in [5.41, 5.74) is 2.14. The Morgan fingerprint density at radius 2 is 1.74 bits per heavy atom. The smallest absolute Gasteiger partial charge is 0.374 e. The van der Waals surface area contributed by atoms with Crippen LogP contribution in [0.25, 0.3) is 11.1 Å². The summed E-state index contributed by atoms with van der Waals surface area (Å²) in [6.07, 6.45) is 1.44. The predicted molar refractivity (Wildman–Crippen MR) is 101 cm³/mol. The van der Waals surface area contributed by atoms with Crippen LogP contribution in [-0.4, -0.2) is 25.1 Å². The zero-order valence-electron chi connectivity index (χ0n) is 14.8. The van der Waals surface area contributed by atoms with Crippen LogP contribution in [0.3, 0.4) is 0 Å². The number of benzene rings is 2. The van der Waals surface area contributed by atoms with Crippen LogP contribution in [0.1, 0.15) is 17.5 Å². The van der Waals surface area contributed by atoms with E-state index in [0.29, 0.717) is 17.0 Å². The fourth-order valence-electron chi connectivity index (χ4n) is 2.49. The molecule has 1 amide bonds. The Morgan fingerprint density at radius 1 is 1.00 bits per heavy atom. The van der Waals surface area contributed by atoms with Crippen LogP contribution in [0.5, 0.6) is 5.75 Å². The molecular formula is C21H19NO5. The minimum Gasteiger partial charge on any atom is -0.484 e. The van der Waals surface area contributed by atoms with Crippen LogP contribution in [0.4, 0.5) is 5.69 Å². The Balaban J connectivity index is 1.60. The third kappa shape index (κ3) is 4.76. The van der Waals surface area contributed by atoms with E-state index < -0.39 is 5.97 Å². The fourth-order valence-corrected chi connectivity index (χ4v) is 2.49. The number of carbonyl (C=O) groups excluding carboxylic acids is 2. The summed E-state index contributed by atoms with van der Waals surface area (Å²) in [6.45, 7) is 1.91. The first kappa shape index (κ1) is 18.3. The van der Waals surface area contributed by atoms with Crippen LogP contribution in [0.2, 0.25) is 0 Å². The first-order valence-corrected chi connectivity index (χ1v) is 8.50. The number of nitrogens with one attached hydrogen (secondary N) is 1. The predicted octanol–water partition coefficient (Wildman–Crippen LogP) is 4.14. The largest absolute Gasteiger partial charge is 0.484 e. The molecule has 138 valence electrons. The number of ether oxygens (including phenoxy) is 2. The zero-order chi connectivity index (χ0) is 19.1. The molecule has 0 unspecified atom stereocenters. The van der Waals surface area contributed by atoms with Crippen molar-refractivity contribution in [2.75, 3.05) is 18.5 Å². The molecule has 0 radical (unpaired) electrons. The Bertz CT molecular complexity index is 900. The van der Waals surface area contributed by atoms with Crippen LogP contribution in [-0.2, 0) is 9.53 Å². The third-order valence-electron chi connectivity index (χ3n) is 3.72. The van der Waals surface area contributed by atoms with Gasteiger partial charge in [-0.15, -0.1) is 0 Å². The Kier molecular flexibility index (Phi) is 5.89. The molecule has 2 aromatic carbocycles. The van der Waals surface area contributed by atoms with E-state index in [-0.39, 0.29) is 24.9 Å². The molecule has 0 saturated carbocycles. The molecule has 0 aliphatic carbocycles. The summed E-state index contributed by atoms with van der Waals surface area (Å²) in [5.74, 6) is -0.0454. The highest BCUT2D eigenvalue weighted by Crippen LogP contribution is 2.27. The summed E-state index contributed by atoms with van der Waals surface area (Å²) in [7, 11) is 0. The normalized spacial score (nSPS) is 10.3. The third-order valence-corrected chi connectivity index (χ3v) is 3.72. The Labute approximate surface area is 156 Å². The molecule has 0 fully saturated rings. The molecule has 6 heteroatoms. The summed E-state index contributed by atoms with van der Waals surface area (Å²) in [4.78, 5) is 23.8. The minimum atomic E-state index is -0.504. The summed E-state index contributed by atoms with van der Waals surface area (Å²) in [6, 6.07) is 17.9. The fraction of sp³-hybridized carbons (Fsp3) is 0.143. The van der Waals surface area contributed by atoms with Gasteiger partial charge in [-0.05, 0) is 42.8 Å². The van der Waals surface area contributed by atoms with Gasteiger partial charge in [-0.25, -0.2) is 4.79 Å². The maximum absolute atomic E-state index is 11.9. The van der Waals surface area contributed by atoms with Gasteiger partial charge in [0, 0.05) is 11.3 Å². The summed E-state index contributed by atoms with van der Waals surface area (Å²) < 4.78 is 15.7. The average Bonchev–Trinajstić information content (AvgIpc) is 3.18. The number of furan rings is 1. The molecule has 0 atom stereocenters. The van der Waals surface area contributed by atoms with Crippen LogP contribution < -0.4 is 10.1 Å². The number of hydrogen-bond acceptors (Lipinski definition) is 5. The lowest BCUT2D eigenvalue weighted by Crippen LogP contribution is -2.20. The molecule has 27 heavy (non-hydrogen) atoms. The van der Waals surface area contributed by atoms with Crippen molar-refractivity contribution in [1.29, 1.82) is 0 Å². The maximum Gasteiger partial charge on any atom is 0.374 e. The van der Waals surface area contributed by atoms with E-state index in [1.165, 1.54) is 6.26 Å². The lowest BCUT2D eigenvalue weighted by atomic mass is 10.1. The van der Waals surface area contributed by atoms with E-state index in [1.54, 1.807) is 49.4 Å². The van der Waals surface area contributed by atoms with Gasteiger partial charge < -0.3 is 19.2 Å². The second-order valence-electron chi connectivity index (χ2n) is 5.61. The second kappa shape index (κ2) is 8.71. The van der Waals surface area contributed by atoms with Crippen LogP contribution in [0.15, 0.2) is 71.3 Å². The molecule has 1 N–H and O–H groups in total. The molecule has 0 aliphatic rings. The van der Waals surface area contributed by atoms with Gasteiger partial charge >= 0.3 is 5.97 Å². The first-order chi connectivity index (χ1) is 13.2. The number of rotatable bonds is 7. The van der Waals surface area contributed by atoms with Gasteiger partial charge in [-0.1, -0.05) is 30.3 Å². The van der Waals surface area contributed by atoms with E-state index in [2.05, 4.69) is 5.32 Å². The average molecular weight is 365 g/mol. The highest BCUT2D eigenvalue weighted by atomic mass is 16.5. The van der Waals surface area contributed by atoms with Crippen molar-refractivity contribution in [1.82, 2.24) is 0 Å². The lowest BCUT2D eigenvalue weighted by Gasteiger charge is -2.08. The maximum atomic E-state index is 11.9. The minimum absolute atomic E-state index is 0.103. The Hall–Kier alpha value is -3.54. The molecule has 3 rings (SSSR count). The molecule has 0 spiro atoms. The van der Waals surface area contributed by atoms with Gasteiger partial charge in [-0.2, -0.15) is 0 Å². The van der Waals surface area contributed by atoms with E-state index in [0.717, 1.165) is 5.56 Å². The molecule has 0 saturated heterocycles. The van der Waals surface area contributed by atoms with Crippen LogP contribution in [0, 0.1) is 0 Å².